The Bertz CT molecular complexity index is 455. The summed E-state index contributed by atoms with van der Waals surface area (Å²) in [6, 6.07) is 4.12. The highest BCUT2D eigenvalue weighted by molar-refractivity contribution is 5.78. The minimum absolute atomic E-state index is 0.375. The molecule has 0 aliphatic carbocycles. The fourth-order valence-corrected chi connectivity index (χ4v) is 2.99. The molecule has 2 N–H and O–H groups in total. The summed E-state index contributed by atoms with van der Waals surface area (Å²) in [4.78, 5) is 11.1. The van der Waals surface area contributed by atoms with Crippen molar-refractivity contribution in [2.24, 2.45) is 22.6 Å². The van der Waals surface area contributed by atoms with E-state index in [1.54, 1.807) is 0 Å². The molecular weight excluding hydrogens is 260 g/mol. The number of aliphatic imine (C=N–C) groups is 1. The first-order chi connectivity index (χ1) is 10.1. The highest BCUT2D eigenvalue weighted by Gasteiger charge is 2.19. The van der Waals surface area contributed by atoms with Gasteiger partial charge in [0.15, 0.2) is 5.96 Å². The molecule has 1 saturated heterocycles. The van der Waals surface area contributed by atoms with E-state index in [1.165, 1.54) is 18.4 Å². The highest BCUT2D eigenvalue weighted by atomic mass is 15.3. The van der Waals surface area contributed by atoms with E-state index in [-0.39, 0.29) is 0 Å². The van der Waals surface area contributed by atoms with E-state index in [9.17, 15) is 0 Å². The second kappa shape index (κ2) is 7.43. The lowest BCUT2D eigenvalue weighted by Crippen LogP contribution is -2.43. The van der Waals surface area contributed by atoms with Gasteiger partial charge in [-0.3, -0.25) is 9.98 Å². The Morgan fingerprint density at radius 3 is 2.95 bits per heavy atom. The average Bonchev–Trinajstić information content (AvgIpc) is 2.48. The van der Waals surface area contributed by atoms with Crippen LogP contribution in [0.3, 0.4) is 0 Å². The standard InChI is InChI=1S/C17H28N4/c1-13(2)16(15-7-4-8-19-10-15)11-20-17(18)21-9-5-6-14(3)12-21/h4,7-8,10,13-14,16H,5-6,9,11-12H2,1-3H3,(H2,18,20). The maximum absolute atomic E-state index is 6.20. The van der Waals surface area contributed by atoms with Gasteiger partial charge in [0.2, 0.25) is 0 Å². The lowest BCUT2D eigenvalue weighted by molar-refractivity contribution is 0.270. The quantitative estimate of drug-likeness (QED) is 0.684. The Morgan fingerprint density at radius 1 is 1.52 bits per heavy atom. The minimum atomic E-state index is 0.375. The number of rotatable bonds is 4. The molecule has 21 heavy (non-hydrogen) atoms. The van der Waals surface area contributed by atoms with Crippen LogP contribution in [0.1, 0.15) is 45.1 Å². The van der Waals surface area contributed by atoms with E-state index in [1.807, 2.05) is 18.5 Å². The summed E-state index contributed by atoms with van der Waals surface area (Å²) < 4.78 is 0. The van der Waals surface area contributed by atoms with Gasteiger partial charge in [0, 0.05) is 37.9 Å². The number of piperidine rings is 1. The summed E-state index contributed by atoms with van der Waals surface area (Å²) in [5.41, 5.74) is 7.44. The third-order valence-electron chi connectivity index (χ3n) is 4.35. The number of nitrogens with zero attached hydrogens (tertiary/aromatic N) is 3. The van der Waals surface area contributed by atoms with Crippen molar-refractivity contribution in [2.45, 2.75) is 39.5 Å². The molecule has 2 unspecified atom stereocenters. The molecule has 116 valence electrons. The molecule has 1 aliphatic heterocycles. The molecule has 1 aromatic heterocycles. The van der Waals surface area contributed by atoms with Gasteiger partial charge in [0.05, 0.1) is 0 Å². The summed E-state index contributed by atoms with van der Waals surface area (Å²) in [5.74, 6) is 2.31. The fraction of sp³-hybridized carbons (Fsp3) is 0.647. The Balaban J connectivity index is 2.02. The number of aromatic nitrogens is 1. The summed E-state index contributed by atoms with van der Waals surface area (Å²) in [5, 5.41) is 0. The van der Waals surface area contributed by atoms with Crippen molar-refractivity contribution in [3.63, 3.8) is 0 Å². The van der Waals surface area contributed by atoms with Gasteiger partial charge in [-0.1, -0.05) is 26.8 Å². The molecule has 1 aliphatic rings. The molecule has 2 atom stereocenters. The van der Waals surface area contributed by atoms with Crippen LogP contribution in [0, 0.1) is 11.8 Å². The number of nitrogens with two attached hydrogens (primary N) is 1. The molecule has 2 rings (SSSR count). The maximum atomic E-state index is 6.20. The highest BCUT2D eigenvalue weighted by Crippen LogP contribution is 2.24. The fourth-order valence-electron chi connectivity index (χ4n) is 2.99. The van der Waals surface area contributed by atoms with Crippen LogP contribution in [-0.2, 0) is 0 Å². The van der Waals surface area contributed by atoms with Gasteiger partial charge in [-0.15, -0.1) is 0 Å². The monoisotopic (exact) mass is 288 g/mol. The molecule has 1 aromatic rings. The van der Waals surface area contributed by atoms with Gasteiger partial charge in [-0.05, 0) is 36.3 Å². The molecule has 2 heterocycles. The summed E-state index contributed by atoms with van der Waals surface area (Å²) in [6.45, 7) is 9.55. The lowest BCUT2D eigenvalue weighted by Gasteiger charge is -2.32. The third kappa shape index (κ3) is 4.45. The number of hydrogen-bond acceptors (Lipinski definition) is 2. The Morgan fingerprint density at radius 2 is 2.33 bits per heavy atom. The van der Waals surface area contributed by atoms with Crippen LogP contribution >= 0.6 is 0 Å². The van der Waals surface area contributed by atoms with Crippen molar-refractivity contribution in [1.82, 2.24) is 9.88 Å². The van der Waals surface area contributed by atoms with Crippen LogP contribution in [0.5, 0.6) is 0 Å². The summed E-state index contributed by atoms with van der Waals surface area (Å²) in [7, 11) is 0. The Labute approximate surface area is 128 Å². The molecule has 4 heteroatoms. The zero-order valence-electron chi connectivity index (χ0n) is 13.5. The van der Waals surface area contributed by atoms with Crippen LogP contribution in [0.2, 0.25) is 0 Å². The molecule has 0 saturated carbocycles. The van der Waals surface area contributed by atoms with Gasteiger partial charge < -0.3 is 10.6 Å². The van der Waals surface area contributed by atoms with Crippen molar-refractivity contribution < 1.29 is 0 Å². The predicted molar refractivity (Wildman–Crippen MR) is 88.3 cm³/mol. The predicted octanol–water partition coefficient (Wildman–Crippen LogP) is 2.87. The van der Waals surface area contributed by atoms with Gasteiger partial charge >= 0.3 is 0 Å². The normalized spacial score (nSPS) is 21.6. The van der Waals surface area contributed by atoms with E-state index in [2.05, 4.69) is 41.7 Å². The molecular formula is C17H28N4. The smallest absolute Gasteiger partial charge is 0.191 e. The minimum Gasteiger partial charge on any atom is -0.370 e. The molecule has 0 aromatic carbocycles. The van der Waals surface area contributed by atoms with Crippen molar-refractivity contribution in [2.75, 3.05) is 19.6 Å². The average molecular weight is 288 g/mol. The van der Waals surface area contributed by atoms with Crippen molar-refractivity contribution in [3.05, 3.63) is 30.1 Å². The van der Waals surface area contributed by atoms with Crippen LogP contribution in [0.25, 0.3) is 0 Å². The van der Waals surface area contributed by atoms with Crippen LogP contribution < -0.4 is 5.73 Å². The summed E-state index contributed by atoms with van der Waals surface area (Å²) >= 11 is 0. The van der Waals surface area contributed by atoms with E-state index in [0.717, 1.165) is 19.6 Å². The van der Waals surface area contributed by atoms with Crippen molar-refractivity contribution in [1.29, 1.82) is 0 Å². The molecule has 0 spiro atoms. The first kappa shape index (κ1) is 15.8. The molecule has 0 amide bonds. The zero-order chi connectivity index (χ0) is 15.2. The summed E-state index contributed by atoms with van der Waals surface area (Å²) in [6.07, 6.45) is 6.27. The van der Waals surface area contributed by atoms with E-state index >= 15 is 0 Å². The SMILES string of the molecule is CC1CCCN(C(N)=NCC(c2cccnc2)C(C)C)C1. The molecule has 4 nitrogen and oxygen atoms in total. The first-order valence-electron chi connectivity index (χ1n) is 8.02. The topological polar surface area (TPSA) is 54.5 Å². The largest absolute Gasteiger partial charge is 0.370 e. The number of pyridine rings is 1. The van der Waals surface area contributed by atoms with E-state index in [0.29, 0.717) is 23.7 Å². The maximum Gasteiger partial charge on any atom is 0.191 e. The van der Waals surface area contributed by atoms with Gasteiger partial charge in [-0.2, -0.15) is 0 Å². The first-order valence-corrected chi connectivity index (χ1v) is 8.02. The molecule has 0 radical (unpaired) electrons. The van der Waals surface area contributed by atoms with Gasteiger partial charge in [-0.25, -0.2) is 0 Å². The number of likely N-dealkylation sites (tertiary alicyclic amines) is 1. The van der Waals surface area contributed by atoms with Crippen LogP contribution in [-0.4, -0.2) is 35.5 Å². The number of hydrogen-bond donors (Lipinski definition) is 1. The van der Waals surface area contributed by atoms with Crippen LogP contribution in [0.4, 0.5) is 0 Å². The Hall–Kier alpha value is -1.58. The molecule has 1 fully saturated rings. The Kier molecular flexibility index (Phi) is 5.59. The van der Waals surface area contributed by atoms with Crippen molar-refractivity contribution >= 4 is 5.96 Å². The zero-order valence-corrected chi connectivity index (χ0v) is 13.5. The van der Waals surface area contributed by atoms with Gasteiger partial charge in [0.25, 0.3) is 0 Å². The lowest BCUT2D eigenvalue weighted by atomic mass is 9.89. The molecule has 0 bridgehead atoms. The van der Waals surface area contributed by atoms with Crippen molar-refractivity contribution in [3.8, 4) is 0 Å². The van der Waals surface area contributed by atoms with E-state index in [4.69, 9.17) is 5.73 Å². The third-order valence-corrected chi connectivity index (χ3v) is 4.35. The number of guanidine groups is 1. The second-order valence-electron chi connectivity index (χ2n) is 6.53. The van der Waals surface area contributed by atoms with Crippen LogP contribution in [0.15, 0.2) is 29.5 Å². The van der Waals surface area contributed by atoms with E-state index < -0.39 is 0 Å². The van der Waals surface area contributed by atoms with Gasteiger partial charge in [0.1, 0.15) is 0 Å². The second-order valence-corrected chi connectivity index (χ2v) is 6.53.